The summed E-state index contributed by atoms with van der Waals surface area (Å²) in [5, 5.41) is -0.0388. The SMILES string of the molecule is CC1CN(C(=O)c2c[nH]c3c(OC(F)(F)F)cccc3c2=O)Cc2ccccc21. The van der Waals surface area contributed by atoms with Crippen molar-refractivity contribution in [3.8, 4) is 5.75 Å². The van der Waals surface area contributed by atoms with Gasteiger partial charge in [0.2, 0.25) is 5.43 Å². The molecular formula is C21H17F3N2O3. The van der Waals surface area contributed by atoms with Gasteiger partial charge >= 0.3 is 6.36 Å². The summed E-state index contributed by atoms with van der Waals surface area (Å²) in [6, 6.07) is 11.6. The molecule has 0 aliphatic carbocycles. The van der Waals surface area contributed by atoms with Crippen LogP contribution in [0.15, 0.2) is 53.5 Å². The van der Waals surface area contributed by atoms with E-state index >= 15 is 0 Å². The summed E-state index contributed by atoms with van der Waals surface area (Å²) in [7, 11) is 0. The van der Waals surface area contributed by atoms with Crippen molar-refractivity contribution >= 4 is 16.8 Å². The maximum Gasteiger partial charge on any atom is 0.573 e. The molecule has 1 unspecified atom stereocenters. The van der Waals surface area contributed by atoms with Crippen molar-refractivity contribution in [2.24, 2.45) is 0 Å². The lowest BCUT2D eigenvalue weighted by Crippen LogP contribution is -2.39. The number of aromatic amines is 1. The molecule has 1 aliphatic rings. The van der Waals surface area contributed by atoms with Crippen LogP contribution in [0.25, 0.3) is 10.9 Å². The van der Waals surface area contributed by atoms with Gasteiger partial charge in [0.15, 0.2) is 5.75 Å². The summed E-state index contributed by atoms with van der Waals surface area (Å²) in [5.41, 5.74) is 1.32. The third-order valence-corrected chi connectivity index (χ3v) is 5.06. The number of pyridine rings is 1. The number of alkyl halides is 3. The number of hydrogen-bond acceptors (Lipinski definition) is 3. The number of para-hydroxylation sites is 1. The molecule has 2 heterocycles. The van der Waals surface area contributed by atoms with E-state index in [1.165, 1.54) is 12.1 Å². The summed E-state index contributed by atoms with van der Waals surface area (Å²) in [6.07, 6.45) is -3.74. The Balaban J connectivity index is 1.71. The van der Waals surface area contributed by atoms with Crippen LogP contribution in [-0.4, -0.2) is 28.7 Å². The molecule has 4 rings (SSSR count). The molecule has 8 heteroatoms. The molecule has 29 heavy (non-hydrogen) atoms. The number of amides is 1. The molecule has 1 aromatic heterocycles. The first-order valence-electron chi connectivity index (χ1n) is 9.02. The Morgan fingerprint density at radius 3 is 2.69 bits per heavy atom. The van der Waals surface area contributed by atoms with Gasteiger partial charge in [-0.3, -0.25) is 9.59 Å². The molecule has 0 spiro atoms. The number of ether oxygens (including phenoxy) is 1. The number of rotatable bonds is 2. The lowest BCUT2D eigenvalue weighted by atomic mass is 9.91. The molecule has 3 aromatic rings. The number of carbonyl (C=O) groups excluding carboxylic acids is 1. The summed E-state index contributed by atoms with van der Waals surface area (Å²) in [5.74, 6) is -0.876. The highest BCUT2D eigenvalue weighted by atomic mass is 19.4. The van der Waals surface area contributed by atoms with Crippen molar-refractivity contribution in [1.29, 1.82) is 0 Å². The largest absolute Gasteiger partial charge is 0.573 e. The standard InChI is InChI=1S/C21H17F3N2O3/c1-12-10-26(11-13-5-2-3-6-14(12)13)20(28)16-9-25-18-15(19(16)27)7-4-8-17(18)29-21(22,23)24/h2-9,12H,10-11H2,1H3,(H,25,27). The molecule has 0 radical (unpaired) electrons. The summed E-state index contributed by atoms with van der Waals surface area (Å²) >= 11 is 0. The Kier molecular flexibility index (Phi) is 4.56. The van der Waals surface area contributed by atoms with Crippen LogP contribution in [0, 0.1) is 0 Å². The lowest BCUT2D eigenvalue weighted by Gasteiger charge is -2.33. The van der Waals surface area contributed by atoms with Gasteiger partial charge in [-0.1, -0.05) is 37.3 Å². The molecule has 150 valence electrons. The topological polar surface area (TPSA) is 62.4 Å². The number of nitrogens with zero attached hydrogens (tertiary/aromatic N) is 1. The second-order valence-corrected chi connectivity index (χ2v) is 7.04. The van der Waals surface area contributed by atoms with E-state index in [1.807, 2.05) is 31.2 Å². The summed E-state index contributed by atoms with van der Waals surface area (Å²) < 4.78 is 41.8. The number of H-pyrrole nitrogens is 1. The van der Waals surface area contributed by atoms with E-state index in [9.17, 15) is 22.8 Å². The third kappa shape index (κ3) is 3.57. The normalized spacial score (nSPS) is 16.6. The molecule has 5 nitrogen and oxygen atoms in total. The Hall–Kier alpha value is -3.29. The van der Waals surface area contributed by atoms with Crippen LogP contribution in [0.2, 0.25) is 0 Å². The van der Waals surface area contributed by atoms with Gasteiger partial charge in [-0.2, -0.15) is 0 Å². The summed E-state index contributed by atoms with van der Waals surface area (Å²) in [4.78, 5) is 30.1. The van der Waals surface area contributed by atoms with Crippen LogP contribution in [0.5, 0.6) is 5.75 Å². The van der Waals surface area contributed by atoms with Crippen LogP contribution < -0.4 is 10.2 Å². The Bertz CT molecular complexity index is 1150. The average Bonchev–Trinajstić information content (AvgIpc) is 2.67. The molecule has 0 fully saturated rings. The van der Waals surface area contributed by atoms with E-state index < -0.39 is 23.4 Å². The van der Waals surface area contributed by atoms with E-state index in [0.29, 0.717) is 13.1 Å². The average molecular weight is 402 g/mol. The van der Waals surface area contributed by atoms with Crippen LogP contribution in [0.3, 0.4) is 0 Å². The highest BCUT2D eigenvalue weighted by Crippen LogP contribution is 2.30. The molecule has 0 bridgehead atoms. The van der Waals surface area contributed by atoms with Crippen molar-refractivity contribution in [1.82, 2.24) is 9.88 Å². The minimum Gasteiger partial charge on any atom is -0.404 e. The third-order valence-electron chi connectivity index (χ3n) is 5.06. The fourth-order valence-corrected chi connectivity index (χ4v) is 3.78. The van der Waals surface area contributed by atoms with Gasteiger partial charge < -0.3 is 14.6 Å². The van der Waals surface area contributed by atoms with Gasteiger partial charge in [-0.15, -0.1) is 13.2 Å². The van der Waals surface area contributed by atoms with Gasteiger partial charge in [-0.25, -0.2) is 0 Å². The number of fused-ring (bicyclic) bond motifs is 2. The minimum atomic E-state index is -4.89. The fraction of sp³-hybridized carbons (Fsp3) is 0.238. The maximum atomic E-state index is 13.0. The number of hydrogen-bond donors (Lipinski definition) is 1. The molecule has 0 saturated carbocycles. The number of aromatic nitrogens is 1. The molecule has 1 atom stereocenters. The van der Waals surface area contributed by atoms with Gasteiger partial charge in [-0.05, 0) is 29.2 Å². The van der Waals surface area contributed by atoms with Crippen LogP contribution in [0.4, 0.5) is 13.2 Å². The van der Waals surface area contributed by atoms with Crippen LogP contribution >= 0.6 is 0 Å². The van der Waals surface area contributed by atoms with Gasteiger partial charge in [0.1, 0.15) is 5.56 Å². The van der Waals surface area contributed by atoms with Crippen molar-refractivity contribution < 1.29 is 22.7 Å². The van der Waals surface area contributed by atoms with Gasteiger partial charge in [0.05, 0.1) is 10.9 Å². The second kappa shape index (κ2) is 6.95. The van der Waals surface area contributed by atoms with E-state index in [0.717, 1.165) is 23.4 Å². The Labute approximate surface area is 163 Å². The number of benzene rings is 2. The van der Waals surface area contributed by atoms with E-state index in [2.05, 4.69) is 9.72 Å². The smallest absolute Gasteiger partial charge is 0.404 e. The zero-order valence-corrected chi connectivity index (χ0v) is 15.4. The molecule has 1 N–H and O–H groups in total. The number of carbonyl (C=O) groups is 1. The van der Waals surface area contributed by atoms with Crippen molar-refractivity contribution in [3.63, 3.8) is 0 Å². The number of nitrogens with one attached hydrogen (secondary N) is 1. The molecule has 0 saturated heterocycles. The minimum absolute atomic E-state index is 0.0388. The quantitative estimate of drug-likeness (QED) is 0.699. The van der Waals surface area contributed by atoms with Crippen molar-refractivity contribution in [2.45, 2.75) is 25.7 Å². The van der Waals surface area contributed by atoms with Crippen molar-refractivity contribution in [2.75, 3.05) is 6.54 Å². The van der Waals surface area contributed by atoms with Gasteiger partial charge in [0.25, 0.3) is 5.91 Å². The fourth-order valence-electron chi connectivity index (χ4n) is 3.78. The Morgan fingerprint density at radius 1 is 1.17 bits per heavy atom. The van der Waals surface area contributed by atoms with E-state index in [4.69, 9.17) is 0 Å². The first-order valence-corrected chi connectivity index (χ1v) is 9.02. The van der Waals surface area contributed by atoms with Crippen LogP contribution in [-0.2, 0) is 6.54 Å². The van der Waals surface area contributed by atoms with Crippen LogP contribution in [0.1, 0.15) is 34.3 Å². The first-order chi connectivity index (χ1) is 13.7. The predicted molar refractivity (Wildman–Crippen MR) is 101 cm³/mol. The van der Waals surface area contributed by atoms with E-state index in [-0.39, 0.29) is 22.4 Å². The zero-order chi connectivity index (χ0) is 20.8. The first kappa shape index (κ1) is 19.0. The lowest BCUT2D eigenvalue weighted by molar-refractivity contribution is -0.274. The van der Waals surface area contributed by atoms with Crippen molar-refractivity contribution in [3.05, 3.63) is 75.6 Å². The number of halogens is 3. The summed E-state index contributed by atoms with van der Waals surface area (Å²) in [6.45, 7) is 2.82. The monoisotopic (exact) mass is 402 g/mol. The van der Waals surface area contributed by atoms with Gasteiger partial charge in [0, 0.05) is 19.3 Å². The molecular weight excluding hydrogens is 385 g/mol. The Morgan fingerprint density at radius 2 is 1.93 bits per heavy atom. The second-order valence-electron chi connectivity index (χ2n) is 7.04. The highest BCUT2D eigenvalue weighted by Gasteiger charge is 2.32. The zero-order valence-electron chi connectivity index (χ0n) is 15.4. The molecule has 1 aliphatic heterocycles. The highest BCUT2D eigenvalue weighted by molar-refractivity contribution is 5.98. The molecule has 1 amide bonds. The molecule has 2 aromatic carbocycles. The maximum absolute atomic E-state index is 13.0. The predicted octanol–water partition coefficient (Wildman–Crippen LogP) is 4.19. The van der Waals surface area contributed by atoms with E-state index in [1.54, 1.807) is 4.90 Å².